The first-order valence-electron chi connectivity index (χ1n) is 9.26. The average Bonchev–Trinajstić information content (AvgIpc) is 3.01. The predicted octanol–water partition coefficient (Wildman–Crippen LogP) is 4.57. The molecule has 4 atom stereocenters. The van der Waals surface area contributed by atoms with Crippen molar-refractivity contribution in [2.45, 2.75) is 42.4 Å². The summed E-state index contributed by atoms with van der Waals surface area (Å²) in [5.74, 6) is -0.507. The predicted molar refractivity (Wildman–Crippen MR) is 111 cm³/mol. The van der Waals surface area contributed by atoms with Crippen molar-refractivity contribution in [2.24, 2.45) is 5.92 Å². The van der Waals surface area contributed by atoms with Crippen molar-refractivity contribution >= 4 is 29.3 Å². The van der Waals surface area contributed by atoms with Crippen LogP contribution in [0.4, 0.5) is 4.39 Å². The zero-order valence-electron chi connectivity index (χ0n) is 16.1. The van der Waals surface area contributed by atoms with Crippen LogP contribution in [-0.4, -0.2) is 35.7 Å². The minimum absolute atomic E-state index is 0.126. The van der Waals surface area contributed by atoms with Crippen LogP contribution in [0.15, 0.2) is 47.4 Å². The number of halogens is 2. The third-order valence-corrected chi connectivity index (χ3v) is 6.27. The van der Waals surface area contributed by atoms with Gasteiger partial charge in [0.15, 0.2) is 0 Å². The standard InChI is InChI=1S/C21H23ClFNO4S/c1-12-8-18(28-20(12)19(24-2)21(25)26)29-16-5-3-4-15(10-16)27-11-13-6-7-14(23)9-17(13)22/h3-7,9-10,12,18-20,24H,8,11H2,1-2H3,(H,25,26)/t12-,18?,19?,20-/m1/s1. The Balaban J connectivity index is 1.60. The van der Waals surface area contributed by atoms with Gasteiger partial charge in [-0.3, -0.25) is 4.79 Å². The molecule has 2 unspecified atom stereocenters. The fourth-order valence-electron chi connectivity index (χ4n) is 3.30. The number of ether oxygens (including phenoxy) is 2. The second kappa shape index (κ2) is 9.80. The molecule has 0 bridgehead atoms. The van der Waals surface area contributed by atoms with Crippen LogP contribution in [-0.2, 0) is 16.1 Å². The molecule has 3 rings (SSSR count). The van der Waals surface area contributed by atoms with Crippen molar-refractivity contribution in [1.29, 1.82) is 0 Å². The van der Waals surface area contributed by atoms with Gasteiger partial charge in [0, 0.05) is 10.5 Å². The number of carboxylic acids is 1. The number of benzene rings is 2. The molecule has 0 saturated carbocycles. The van der Waals surface area contributed by atoms with Crippen LogP contribution in [0, 0.1) is 11.7 Å². The molecule has 0 radical (unpaired) electrons. The van der Waals surface area contributed by atoms with Crippen LogP contribution in [0.25, 0.3) is 0 Å². The Morgan fingerprint density at radius 1 is 1.41 bits per heavy atom. The van der Waals surface area contributed by atoms with Crippen molar-refractivity contribution in [2.75, 3.05) is 7.05 Å². The number of aliphatic carboxylic acids is 1. The molecule has 1 fully saturated rings. The topological polar surface area (TPSA) is 67.8 Å². The maximum absolute atomic E-state index is 13.2. The molecule has 1 saturated heterocycles. The van der Waals surface area contributed by atoms with E-state index in [4.69, 9.17) is 21.1 Å². The summed E-state index contributed by atoms with van der Waals surface area (Å²) in [4.78, 5) is 12.4. The number of hydrogen-bond acceptors (Lipinski definition) is 5. The molecule has 2 aromatic carbocycles. The van der Waals surface area contributed by atoms with Gasteiger partial charge in [-0.25, -0.2) is 4.39 Å². The number of thioether (sulfide) groups is 1. The van der Waals surface area contributed by atoms with Crippen molar-refractivity contribution < 1.29 is 23.8 Å². The lowest BCUT2D eigenvalue weighted by Gasteiger charge is -2.22. The number of rotatable bonds is 8. The molecule has 8 heteroatoms. The van der Waals surface area contributed by atoms with Crippen LogP contribution in [0.5, 0.6) is 5.75 Å². The third-order valence-electron chi connectivity index (χ3n) is 4.82. The van der Waals surface area contributed by atoms with Crippen LogP contribution in [0.3, 0.4) is 0 Å². The maximum Gasteiger partial charge on any atom is 0.323 e. The van der Waals surface area contributed by atoms with Crippen LogP contribution < -0.4 is 10.1 Å². The monoisotopic (exact) mass is 439 g/mol. The molecule has 0 amide bonds. The highest BCUT2D eigenvalue weighted by atomic mass is 35.5. The molecule has 2 N–H and O–H groups in total. The number of hydrogen-bond donors (Lipinski definition) is 2. The van der Waals surface area contributed by atoms with Crippen molar-refractivity contribution in [3.8, 4) is 5.75 Å². The first kappa shape index (κ1) is 21.9. The fourth-order valence-corrected chi connectivity index (χ4v) is 4.75. The van der Waals surface area contributed by atoms with E-state index in [0.29, 0.717) is 16.3 Å². The normalized spacial score (nSPS) is 22.4. The van der Waals surface area contributed by atoms with Crippen molar-refractivity contribution in [1.82, 2.24) is 5.32 Å². The molecule has 0 aromatic heterocycles. The van der Waals surface area contributed by atoms with E-state index >= 15 is 0 Å². The molecule has 156 valence electrons. The summed E-state index contributed by atoms with van der Waals surface area (Å²) in [7, 11) is 1.63. The van der Waals surface area contributed by atoms with Crippen LogP contribution in [0.1, 0.15) is 18.9 Å². The van der Waals surface area contributed by atoms with Crippen LogP contribution in [0.2, 0.25) is 5.02 Å². The Morgan fingerprint density at radius 3 is 2.90 bits per heavy atom. The Labute approximate surface area is 178 Å². The highest BCUT2D eigenvalue weighted by Gasteiger charge is 2.40. The second-order valence-corrected chi connectivity index (χ2v) is 8.61. The summed E-state index contributed by atoms with van der Waals surface area (Å²) in [6, 6.07) is 11.1. The summed E-state index contributed by atoms with van der Waals surface area (Å²) in [5.41, 5.74) is 0.570. The van der Waals surface area contributed by atoms with Gasteiger partial charge < -0.3 is 19.9 Å². The number of likely N-dealkylation sites (N-methyl/N-ethyl adjacent to an activating group) is 1. The molecule has 0 spiro atoms. The van der Waals surface area contributed by atoms with Crippen molar-refractivity contribution in [3.63, 3.8) is 0 Å². The molecule has 1 aliphatic rings. The third kappa shape index (κ3) is 5.63. The van der Waals surface area contributed by atoms with Gasteiger partial charge in [-0.05, 0) is 49.7 Å². The molecule has 0 aliphatic carbocycles. The molecule has 5 nitrogen and oxygen atoms in total. The number of carboxylic acid groups (broad SMARTS) is 1. The quantitative estimate of drug-likeness (QED) is 0.627. The summed E-state index contributed by atoms with van der Waals surface area (Å²) < 4.78 is 25.0. The minimum atomic E-state index is -0.912. The zero-order chi connectivity index (χ0) is 21.0. The SMILES string of the molecule is CNC(C(=O)O)[C@@H]1OC(Sc2cccc(OCc3ccc(F)cc3Cl)c2)C[C@H]1C. The Kier molecular flexibility index (Phi) is 7.40. The van der Waals surface area contributed by atoms with E-state index in [2.05, 4.69) is 5.32 Å². The fraction of sp³-hybridized carbons (Fsp3) is 0.381. The van der Waals surface area contributed by atoms with Gasteiger partial charge in [0.1, 0.15) is 29.7 Å². The van der Waals surface area contributed by atoms with E-state index in [1.54, 1.807) is 24.9 Å². The Bertz CT molecular complexity index is 868. The summed E-state index contributed by atoms with van der Waals surface area (Å²) in [6.07, 6.45) is 0.381. The molecule has 1 heterocycles. The molecular formula is C21H23ClFNO4S. The Morgan fingerprint density at radius 2 is 2.21 bits per heavy atom. The van der Waals surface area contributed by atoms with E-state index in [1.807, 2.05) is 31.2 Å². The van der Waals surface area contributed by atoms with E-state index < -0.39 is 12.0 Å². The van der Waals surface area contributed by atoms with Gasteiger partial charge in [-0.2, -0.15) is 0 Å². The van der Waals surface area contributed by atoms with Gasteiger partial charge in [0.2, 0.25) is 0 Å². The van der Waals surface area contributed by atoms with Crippen molar-refractivity contribution in [3.05, 3.63) is 58.9 Å². The second-order valence-electron chi connectivity index (χ2n) is 6.96. The smallest absolute Gasteiger partial charge is 0.323 e. The lowest BCUT2D eigenvalue weighted by atomic mass is 9.98. The first-order valence-corrected chi connectivity index (χ1v) is 10.5. The van der Waals surface area contributed by atoms with Gasteiger partial charge in [-0.1, -0.05) is 42.4 Å². The van der Waals surface area contributed by atoms with Gasteiger partial charge in [0.05, 0.1) is 11.1 Å². The molecule has 2 aromatic rings. The summed E-state index contributed by atoms with van der Waals surface area (Å²) in [6.45, 7) is 2.24. The molecule has 1 aliphatic heterocycles. The zero-order valence-corrected chi connectivity index (χ0v) is 17.7. The lowest BCUT2D eigenvalue weighted by Crippen LogP contribution is -2.46. The molecular weight excluding hydrogens is 417 g/mol. The van der Waals surface area contributed by atoms with Gasteiger partial charge >= 0.3 is 5.97 Å². The minimum Gasteiger partial charge on any atom is -0.489 e. The van der Waals surface area contributed by atoms with Crippen LogP contribution >= 0.6 is 23.4 Å². The number of nitrogens with one attached hydrogen (secondary N) is 1. The lowest BCUT2D eigenvalue weighted by molar-refractivity contribution is -0.143. The van der Waals surface area contributed by atoms with E-state index in [-0.39, 0.29) is 29.9 Å². The summed E-state index contributed by atoms with van der Waals surface area (Å²) >= 11 is 7.58. The van der Waals surface area contributed by atoms with Gasteiger partial charge in [0.25, 0.3) is 0 Å². The first-order chi connectivity index (χ1) is 13.9. The van der Waals surface area contributed by atoms with E-state index in [9.17, 15) is 14.3 Å². The average molecular weight is 440 g/mol. The summed E-state index contributed by atoms with van der Waals surface area (Å²) in [5, 5.41) is 12.5. The maximum atomic E-state index is 13.2. The highest BCUT2D eigenvalue weighted by Crippen LogP contribution is 2.38. The van der Waals surface area contributed by atoms with E-state index in [1.165, 1.54) is 12.1 Å². The Hall–Kier alpha value is -1.80. The largest absolute Gasteiger partial charge is 0.489 e. The van der Waals surface area contributed by atoms with E-state index in [0.717, 1.165) is 11.3 Å². The van der Waals surface area contributed by atoms with Gasteiger partial charge in [-0.15, -0.1) is 0 Å². The highest BCUT2D eigenvalue weighted by molar-refractivity contribution is 7.99. The molecule has 29 heavy (non-hydrogen) atoms. The number of carbonyl (C=O) groups is 1.